The van der Waals surface area contributed by atoms with Crippen LogP contribution in [0.1, 0.15) is 310 Å². The van der Waals surface area contributed by atoms with Gasteiger partial charge in [0.25, 0.3) is 0 Å². The number of likely N-dealkylation sites (N-methyl/N-ethyl adjacent to an activating group) is 1. The third kappa shape index (κ3) is 55.0. The van der Waals surface area contributed by atoms with Crippen LogP contribution in [-0.4, -0.2) is 74.3 Å². The van der Waals surface area contributed by atoms with Crippen molar-refractivity contribution in [3.8, 4) is 0 Å². The van der Waals surface area contributed by atoms with E-state index in [0.717, 1.165) is 83.5 Å². The number of rotatable bonds is 58. The number of unbranched alkanes of at least 4 members (excludes halogenated alkanes) is 38. The number of nitrogens with zero attached hydrogens (tertiary/aromatic N) is 1. The summed E-state index contributed by atoms with van der Waals surface area (Å²) in [6, 6.07) is -0.847. The summed E-state index contributed by atoms with van der Waals surface area (Å²) in [7, 11) is 1.50. The molecular weight excluding hydrogens is 940 g/mol. The first-order chi connectivity index (χ1) is 35.9. The lowest BCUT2D eigenvalue weighted by Gasteiger charge is -2.27. The Morgan fingerprint density at radius 3 is 1.19 bits per heavy atom. The fraction of sp³-hybridized carbons (Fsp3) is 0.875. The molecule has 0 saturated heterocycles. The lowest BCUT2D eigenvalue weighted by Crippen LogP contribution is -2.47. The molecule has 436 valence electrons. The van der Waals surface area contributed by atoms with Crippen molar-refractivity contribution in [2.24, 2.45) is 0 Å². The Labute approximate surface area is 459 Å². The normalized spacial score (nSPS) is 13.9. The Morgan fingerprint density at radius 1 is 0.459 bits per heavy atom. The highest BCUT2D eigenvalue weighted by Crippen LogP contribution is 2.43. The molecule has 0 saturated carbocycles. The molecule has 10 heteroatoms. The average molecular weight is 1060 g/mol. The van der Waals surface area contributed by atoms with Gasteiger partial charge in [-0.05, 0) is 76.7 Å². The molecule has 0 spiro atoms. The Kier molecular flexibility index (Phi) is 53.3. The van der Waals surface area contributed by atoms with Crippen LogP contribution >= 0.6 is 7.82 Å². The van der Waals surface area contributed by atoms with Gasteiger partial charge >= 0.3 is 13.8 Å². The Balaban J connectivity index is 5.02. The summed E-state index contributed by atoms with van der Waals surface area (Å²) in [4.78, 5) is 37.6. The van der Waals surface area contributed by atoms with Gasteiger partial charge in [0.1, 0.15) is 19.3 Å². The molecule has 3 unspecified atom stereocenters. The van der Waals surface area contributed by atoms with Gasteiger partial charge in [0.2, 0.25) is 5.91 Å². The van der Waals surface area contributed by atoms with Crippen molar-refractivity contribution < 1.29 is 37.3 Å². The predicted molar refractivity (Wildman–Crippen MR) is 319 cm³/mol. The van der Waals surface area contributed by atoms with Crippen LogP contribution in [0.3, 0.4) is 0 Å². The van der Waals surface area contributed by atoms with Gasteiger partial charge in [0.05, 0.1) is 33.8 Å². The number of phosphoric acid groups is 1. The topological polar surface area (TPSA) is 111 Å². The molecule has 1 amide bonds. The smallest absolute Gasteiger partial charge is 0.456 e. The summed E-state index contributed by atoms with van der Waals surface area (Å²) in [6.07, 6.45) is 65.8. The molecule has 0 aliphatic heterocycles. The molecular formula is C64H124N2O7P+. The highest BCUT2D eigenvalue weighted by Gasteiger charge is 2.30. The van der Waals surface area contributed by atoms with Gasteiger partial charge in [-0.25, -0.2) is 4.57 Å². The number of amides is 1. The molecule has 0 bridgehead atoms. The highest BCUT2D eigenvalue weighted by molar-refractivity contribution is 7.47. The predicted octanol–water partition coefficient (Wildman–Crippen LogP) is 19.5. The molecule has 0 aromatic rings. The third-order valence-electron chi connectivity index (χ3n) is 14.3. The minimum Gasteiger partial charge on any atom is -0.456 e. The molecule has 3 atom stereocenters. The van der Waals surface area contributed by atoms with Gasteiger partial charge in [-0.1, -0.05) is 257 Å². The first-order valence-corrected chi connectivity index (χ1v) is 33.3. The number of phosphoric ester groups is 1. The number of allylic oxidation sites excluding steroid dienone is 5. The van der Waals surface area contributed by atoms with Crippen LogP contribution in [0.4, 0.5) is 0 Å². The molecule has 0 aromatic heterocycles. The first kappa shape index (κ1) is 72.2. The summed E-state index contributed by atoms with van der Waals surface area (Å²) in [6.45, 7) is 6.99. The molecule has 0 fully saturated rings. The number of carbonyl (C=O) groups excluding carboxylic acids is 2. The number of nitrogens with one attached hydrogen (secondary N) is 1. The summed E-state index contributed by atoms with van der Waals surface area (Å²) in [5, 5.41) is 3.06. The molecule has 0 aromatic carbocycles. The zero-order chi connectivity index (χ0) is 54.3. The summed E-state index contributed by atoms with van der Waals surface area (Å²) in [5.41, 5.74) is 0. The largest absolute Gasteiger partial charge is 0.472 e. The molecule has 9 nitrogen and oxygen atoms in total. The molecule has 74 heavy (non-hydrogen) atoms. The molecule has 0 rings (SSSR count). The second-order valence-electron chi connectivity index (χ2n) is 22.9. The maximum atomic E-state index is 13.5. The van der Waals surface area contributed by atoms with Crippen LogP contribution in [0.25, 0.3) is 0 Å². The van der Waals surface area contributed by atoms with Gasteiger partial charge in [-0.3, -0.25) is 18.6 Å². The van der Waals surface area contributed by atoms with Gasteiger partial charge in [-0.15, -0.1) is 0 Å². The Morgan fingerprint density at radius 2 is 0.797 bits per heavy atom. The van der Waals surface area contributed by atoms with E-state index < -0.39 is 20.0 Å². The van der Waals surface area contributed by atoms with E-state index >= 15 is 0 Å². The van der Waals surface area contributed by atoms with E-state index in [2.05, 4.69) is 50.4 Å². The van der Waals surface area contributed by atoms with Crippen molar-refractivity contribution in [2.45, 2.75) is 322 Å². The lowest BCUT2D eigenvalue weighted by molar-refractivity contribution is -0.870. The van der Waals surface area contributed by atoms with E-state index in [-0.39, 0.29) is 31.5 Å². The minimum atomic E-state index is -4.44. The van der Waals surface area contributed by atoms with Crippen molar-refractivity contribution in [2.75, 3.05) is 40.9 Å². The lowest BCUT2D eigenvalue weighted by atomic mass is 10.0. The molecule has 0 radical (unpaired) electrons. The average Bonchev–Trinajstić information content (AvgIpc) is 3.36. The molecule has 0 aliphatic rings. The van der Waals surface area contributed by atoms with E-state index in [1.807, 2.05) is 33.3 Å². The van der Waals surface area contributed by atoms with Gasteiger partial charge < -0.3 is 19.4 Å². The Hall–Kier alpha value is -1.77. The molecule has 0 aliphatic carbocycles. The minimum absolute atomic E-state index is 0.0410. The molecule has 2 N–H and O–H groups in total. The zero-order valence-electron chi connectivity index (χ0n) is 49.9. The fourth-order valence-corrected chi connectivity index (χ4v) is 10.1. The standard InChI is InChI=1S/C64H123N2O7P/c1-7-10-13-16-19-22-25-27-28-29-30-31-32-33-34-35-36-37-38-39-42-44-47-50-53-56-63(67)65-61(60-72-74(69,70)71-59-58-66(4,5)6)62(55-52-49-46-43-41-26-23-20-17-14-11-8-2)73-64(68)57-54-51-48-45-40-24-21-18-15-12-9-3/h18,21,27-28,52,55,61-62H,7-17,19-20,22-26,29-51,53-54,56-60H2,1-6H3,(H-,65,67,69,70)/p+1/b21-18-,28-27+,55-52-. The van der Waals surface area contributed by atoms with Gasteiger partial charge in [-0.2, -0.15) is 0 Å². The van der Waals surface area contributed by atoms with Crippen LogP contribution in [0.5, 0.6) is 0 Å². The van der Waals surface area contributed by atoms with Crippen molar-refractivity contribution in [1.82, 2.24) is 5.32 Å². The van der Waals surface area contributed by atoms with E-state index in [4.69, 9.17) is 13.8 Å². The van der Waals surface area contributed by atoms with Gasteiger partial charge in [0, 0.05) is 12.8 Å². The highest BCUT2D eigenvalue weighted by atomic mass is 31.2. The second kappa shape index (κ2) is 54.6. The van der Waals surface area contributed by atoms with Crippen molar-refractivity contribution in [3.63, 3.8) is 0 Å². The quantitative estimate of drug-likeness (QED) is 0.0205. The maximum absolute atomic E-state index is 13.5. The van der Waals surface area contributed by atoms with E-state index in [1.54, 1.807) is 0 Å². The van der Waals surface area contributed by atoms with E-state index in [0.29, 0.717) is 17.4 Å². The van der Waals surface area contributed by atoms with Crippen molar-refractivity contribution >= 4 is 19.7 Å². The number of quaternary nitrogens is 1. The van der Waals surface area contributed by atoms with E-state index in [1.165, 1.54) is 193 Å². The van der Waals surface area contributed by atoms with Gasteiger partial charge in [0.15, 0.2) is 0 Å². The first-order valence-electron chi connectivity index (χ1n) is 31.8. The van der Waals surface area contributed by atoms with Crippen LogP contribution in [0.15, 0.2) is 36.5 Å². The number of hydrogen-bond donors (Lipinski definition) is 2. The Bertz CT molecular complexity index is 1360. The SMILES string of the molecule is CCCC/C=C\CCCCCCCC(=O)OC(/C=C\CCCCCCCCCCCC)C(COP(=O)(O)OCC[N+](C)(C)C)NC(=O)CCCCCCCCCCCCCCCCC/C=C/CCCCCCCC. The zero-order valence-corrected chi connectivity index (χ0v) is 50.7. The van der Waals surface area contributed by atoms with Crippen LogP contribution in [0, 0.1) is 0 Å². The second-order valence-corrected chi connectivity index (χ2v) is 24.4. The third-order valence-corrected chi connectivity index (χ3v) is 15.3. The number of esters is 1. The molecule has 0 heterocycles. The fourth-order valence-electron chi connectivity index (χ4n) is 9.33. The van der Waals surface area contributed by atoms with Crippen molar-refractivity contribution in [1.29, 1.82) is 0 Å². The summed E-state index contributed by atoms with van der Waals surface area (Å²) >= 11 is 0. The monoisotopic (exact) mass is 1060 g/mol. The number of carbonyl (C=O) groups is 2. The van der Waals surface area contributed by atoms with Crippen molar-refractivity contribution in [3.05, 3.63) is 36.5 Å². The number of hydrogen-bond acceptors (Lipinski definition) is 6. The summed E-state index contributed by atoms with van der Waals surface area (Å²) in [5.74, 6) is -0.505. The number of ether oxygens (including phenoxy) is 1. The van der Waals surface area contributed by atoms with Crippen LogP contribution in [-0.2, 0) is 27.9 Å². The maximum Gasteiger partial charge on any atom is 0.472 e. The summed E-state index contributed by atoms with van der Waals surface area (Å²) < 4.78 is 30.7. The van der Waals surface area contributed by atoms with Crippen LogP contribution < -0.4 is 5.32 Å². The van der Waals surface area contributed by atoms with Crippen LogP contribution in [0.2, 0.25) is 0 Å². The van der Waals surface area contributed by atoms with E-state index in [9.17, 15) is 19.0 Å².